The van der Waals surface area contributed by atoms with Crippen molar-refractivity contribution in [3.05, 3.63) is 50.7 Å². The maximum Gasteiger partial charge on any atom is 0.265 e. The van der Waals surface area contributed by atoms with E-state index in [1.165, 1.54) is 11.0 Å². The Kier molecular flexibility index (Phi) is 8.06. The van der Waals surface area contributed by atoms with E-state index in [-0.39, 0.29) is 17.4 Å². The molecule has 2 aromatic carbocycles. The molecular formula is C20H20Br2N6O4. The van der Waals surface area contributed by atoms with Crippen LogP contribution in [-0.2, 0) is 0 Å². The van der Waals surface area contributed by atoms with Crippen molar-refractivity contribution in [1.29, 1.82) is 0 Å². The Labute approximate surface area is 200 Å². The molecule has 0 bridgehead atoms. The van der Waals surface area contributed by atoms with Crippen molar-refractivity contribution in [3.8, 4) is 23.0 Å². The van der Waals surface area contributed by atoms with Crippen LogP contribution < -0.4 is 14.9 Å². The molecule has 0 saturated heterocycles. The highest BCUT2D eigenvalue weighted by atomic mass is 79.9. The summed E-state index contributed by atoms with van der Waals surface area (Å²) in [7, 11) is 0. The lowest BCUT2D eigenvalue weighted by atomic mass is 10.2. The molecule has 168 valence electrons. The van der Waals surface area contributed by atoms with Gasteiger partial charge in [-0.15, -0.1) is 10.2 Å². The van der Waals surface area contributed by atoms with E-state index in [9.17, 15) is 10.2 Å². The smallest absolute Gasteiger partial charge is 0.265 e. The lowest BCUT2D eigenvalue weighted by Gasteiger charge is -2.08. The molecule has 0 amide bonds. The van der Waals surface area contributed by atoms with E-state index in [0.717, 1.165) is 0 Å². The van der Waals surface area contributed by atoms with Crippen LogP contribution in [0.2, 0.25) is 0 Å². The number of benzene rings is 2. The van der Waals surface area contributed by atoms with E-state index in [2.05, 4.69) is 57.7 Å². The molecule has 0 spiro atoms. The Bertz CT molecular complexity index is 1150. The molecule has 0 aliphatic heterocycles. The van der Waals surface area contributed by atoms with Crippen LogP contribution in [0.4, 0.5) is 5.95 Å². The molecule has 1 heterocycles. The average Bonchev–Trinajstić information content (AvgIpc) is 3.21. The van der Waals surface area contributed by atoms with Crippen LogP contribution in [0.5, 0.6) is 23.0 Å². The largest absolute Gasteiger partial charge is 0.503 e. The van der Waals surface area contributed by atoms with Gasteiger partial charge in [-0.1, -0.05) is 0 Å². The zero-order chi connectivity index (χ0) is 23.1. The first kappa shape index (κ1) is 23.5. The van der Waals surface area contributed by atoms with E-state index in [1.807, 2.05) is 13.8 Å². The van der Waals surface area contributed by atoms with Crippen molar-refractivity contribution in [2.24, 2.45) is 10.2 Å². The first-order valence-corrected chi connectivity index (χ1v) is 11.1. The fourth-order valence-electron chi connectivity index (χ4n) is 2.55. The molecule has 3 N–H and O–H groups in total. The number of rotatable bonds is 9. The summed E-state index contributed by atoms with van der Waals surface area (Å²) in [6.45, 7) is 4.50. The monoisotopic (exact) mass is 566 g/mol. The zero-order valence-electron chi connectivity index (χ0n) is 17.2. The van der Waals surface area contributed by atoms with Crippen molar-refractivity contribution < 1.29 is 19.7 Å². The molecule has 0 atom stereocenters. The summed E-state index contributed by atoms with van der Waals surface area (Å²) in [6, 6.07) is 6.73. The highest BCUT2D eigenvalue weighted by Crippen LogP contribution is 2.36. The van der Waals surface area contributed by atoms with E-state index < -0.39 is 0 Å². The number of hydrogen-bond acceptors (Lipinski definition) is 9. The second kappa shape index (κ2) is 11.0. The topological polar surface area (TPSA) is 126 Å². The highest BCUT2D eigenvalue weighted by Gasteiger charge is 2.10. The Morgan fingerprint density at radius 1 is 0.969 bits per heavy atom. The number of aromatic nitrogens is 3. The third kappa shape index (κ3) is 5.77. The number of phenols is 2. The second-order valence-electron chi connectivity index (χ2n) is 6.18. The van der Waals surface area contributed by atoms with Gasteiger partial charge in [-0.2, -0.15) is 14.9 Å². The number of hydrazone groups is 1. The van der Waals surface area contributed by atoms with Crippen LogP contribution in [-0.4, -0.2) is 50.7 Å². The van der Waals surface area contributed by atoms with Gasteiger partial charge in [0.25, 0.3) is 5.95 Å². The number of aromatic hydroxyl groups is 2. The van der Waals surface area contributed by atoms with Gasteiger partial charge in [0.1, 0.15) is 6.33 Å². The number of hydrogen-bond donors (Lipinski definition) is 3. The highest BCUT2D eigenvalue weighted by molar-refractivity contribution is 9.10. The van der Waals surface area contributed by atoms with Crippen LogP contribution in [0, 0.1) is 0 Å². The first-order chi connectivity index (χ1) is 15.4. The molecule has 0 saturated carbocycles. The molecule has 12 heteroatoms. The molecule has 1 aromatic heterocycles. The summed E-state index contributed by atoms with van der Waals surface area (Å²) in [4.78, 5) is 0. The lowest BCUT2D eigenvalue weighted by Crippen LogP contribution is -2.00. The number of anilines is 1. The quantitative estimate of drug-likeness (QED) is 0.259. The van der Waals surface area contributed by atoms with Gasteiger partial charge >= 0.3 is 0 Å². The third-order valence-corrected chi connectivity index (χ3v) is 5.15. The van der Waals surface area contributed by atoms with Gasteiger partial charge in [-0.3, -0.25) is 0 Å². The third-order valence-electron chi connectivity index (χ3n) is 3.94. The van der Waals surface area contributed by atoms with Gasteiger partial charge in [0.2, 0.25) is 0 Å². The molecule has 0 aliphatic carbocycles. The molecule has 32 heavy (non-hydrogen) atoms. The van der Waals surface area contributed by atoms with Gasteiger partial charge in [-0.05, 0) is 81.1 Å². The van der Waals surface area contributed by atoms with Crippen molar-refractivity contribution in [3.63, 3.8) is 0 Å². The normalized spacial score (nSPS) is 11.4. The first-order valence-electron chi connectivity index (χ1n) is 9.47. The minimum Gasteiger partial charge on any atom is -0.503 e. The Morgan fingerprint density at radius 2 is 1.53 bits per heavy atom. The van der Waals surface area contributed by atoms with Gasteiger partial charge < -0.3 is 19.7 Å². The van der Waals surface area contributed by atoms with E-state index >= 15 is 0 Å². The van der Waals surface area contributed by atoms with Gasteiger partial charge in [0.05, 0.1) is 34.6 Å². The maximum absolute atomic E-state index is 10.0. The standard InChI is InChI=1S/C20H20Br2N6O4/c1-3-31-16-7-12(5-14(21)18(16)29)9-23-26-20-27-24-11-28(20)25-10-13-6-15(22)19(30)17(8-13)32-4-2/h5-11,29-30H,3-4H2,1-2H3,(H,26,27)/b23-9+,25-10+. The SMILES string of the molecule is CCOc1cc(/C=N/Nc2nncn2/N=C/c2cc(Br)c(O)c(OCC)c2)cc(Br)c1O. The zero-order valence-corrected chi connectivity index (χ0v) is 20.3. The predicted molar refractivity (Wildman–Crippen MR) is 128 cm³/mol. The number of phenolic OH excluding ortho intramolecular Hbond substituents is 2. The fraction of sp³-hybridized carbons (Fsp3) is 0.200. The fourth-order valence-corrected chi connectivity index (χ4v) is 3.47. The van der Waals surface area contributed by atoms with Crippen LogP contribution in [0.1, 0.15) is 25.0 Å². The Morgan fingerprint density at radius 3 is 2.09 bits per heavy atom. The number of nitrogens with zero attached hydrogens (tertiary/aromatic N) is 5. The summed E-state index contributed by atoms with van der Waals surface area (Å²) in [5.74, 6) is 1.03. The van der Waals surface area contributed by atoms with E-state index in [0.29, 0.717) is 44.8 Å². The second-order valence-corrected chi connectivity index (χ2v) is 7.89. The summed E-state index contributed by atoms with van der Waals surface area (Å²) in [5.41, 5.74) is 4.15. The molecule has 0 radical (unpaired) electrons. The number of halogens is 2. The van der Waals surface area contributed by atoms with E-state index in [4.69, 9.17) is 9.47 Å². The molecule has 10 nitrogen and oxygen atoms in total. The summed E-state index contributed by atoms with van der Waals surface area (Å²) >= 11 is 6.59. The summed E-state index contributed by atoms with van der Waals surface area (Å²) in [6.07, 6.45) is 4.52. The molecule has 3 rings (SSSR count). The Balaban J connectivity index is 1.74. The van der Waals surface area contributed by atoms with Crippen LogP contribution in [0.15, 0.2) is 49.7 Å². The van der Waals surface area contributed by atoms with Crippen LogP contribution >= 0.6 is 31.9 Å². The van der Waals surface area contributed by atoms with E-state index in [1.54, 1.807) is 36.7 Å². The average molecular weight is 568 g/mol. The maximum atomic E-state index is 10.0. The van der Waals surface area contributed by atoms with Gasteiger partial charge in [0, 0.05) is 0 Å². The van der Waals surface area contributed by atoms with Crippen LogP contribution in [0.25, 0.3) is 0 Å². The summed E-state index contributed by atoms with van der Waals surface area (Å²) in [5, 5.41) is 36.3. The number of nitrogens with one attached hydrogen (secondary N) is 1. The minimum atomic E-state index is 0.0263. The molecule has 0 aliphatic rings. The minimum absolute atomic E-state index is 0.0263. The lowest BCUT2D eigenvalue weighted by molar-refractivity contribution is 0.317. The number of ether oxygens (including phenoxy) is 2. The molecule has 3 aromatic rings. The summed E-state index contributed by atoms with van der Waals surface area (Å²) < 4.78 is 13.2. The van der Waals surface area contributed by atoms with Crippen molar-refractivity contribution in [2.45, 2.75) is 13.8 Å². The molecular weight excluding hydrogens is 548 g/mol. The van der Waals surface area contributed by atoms with Crippen molar-refractivity contribution in [2.75, 3.05) is 18.6 Å². The van der Waals surface area contributed by atoms with Crippen molar-refractivity contribution in [1.82, 2.24) is 14.9 Å². The Hall–Kier alpha value is -3.12. The predicted octanol–water partition coefficient (Wildman–Crippen LogP) is 4.34. The van der Waals surface area contributed by atoms with Gasteiger partial charge in [0.15, 0.2) is 23.0 Å². The van der Waals surface area contributed by atoms with Crippen LogP contribution in [0.3, 0.4) is 0 Å². The van der Waals surface area contributed by atoms with Gasteiger partial charge in [-0.25, -0.2) is 5.43 Å². The molecule has 0 fully saturated rings. The molecule has 0 unspecified atom stereocenters. The van der Waals surface area contributed by atoms with Crippen molar-refractivity contribution >= 4 is 50.2 Å².